The molecule has 0 aromatic heterocycles. The van der Waals surface area contributed by atoms with E-state index in [2.05, 4.69) is 48.0 Å². The van der Waals surface area contributed by atoms with Gasteiger partial charge in [0.15, 0.2) is 0 Å². The smallest absolute Gasteiger partial charge is 0.122 e. The molecule has 114 valence electrons. The van der Waals surface area contributed by atoms with Crippen LogP contribution in [0.2, 0.25) is 0 Å². The first-order valence-corrected chi connectivity index (χ1v) is 8.01. The Labute approximate surface area is 137 Å². The third kappa shape index (κ3) is 5.62. The Morgan fingerprint density at radius 2 is 1.76 bits per heavy atom. The fraction of sp³-hybridized carbons (Fsp3) is 0.294. The van der Waals surface area contributed by atoms with Crippen LogP contribution < -0.4 is 10.1 Å². The lowest BCUT2D eigenvalue weighted by molar-refractivity contribution is 0.409. The molecule has 0 aliphatic heterocycles. The topological polar surface area (TPSA) is 21.3 Å². The molecule has 2 aromatic rings. The Bertz CT molecular complexity index is 531. The van der Waals surface area contributed by atoms with Crippen molar-refractivity contribution in [3.8, 4) is 5.75 Å². The third-order valence-electron chi connectivity index (χ3n) is 3.25. The van der Waals surface area contributed by atoms with Crippen LogP contribution in [-0.4, -0.2) is 19.9 Å². The van der Waals surface area contributed by atoms with Crippen molar-refractivity contribution in [1.82, 2.24) is 5.32 Å². The highest BCUT2D eigenvalue weighted by Crippen LogP contribution is 2.17. The lowest BCUT2D eigenvalue weighted by Gasteiger charge is -2.09. The molecule has 2 rings (SSSR count). The van der Waals surface area contributed by atoms with Crippen molar-refractivity contribution in [1.29, 1.82) is 0 Å². The summed E-state index contributed by atoms with van der Waals surface area (Å²) in [5.41, 5.74) is 2.57. The number of methoxy groups -OCH3 is 1. The van der Waals surface area contributed by atoms with E-state index in [0.717, 1.165) is 25.3 Å². The van der Waals surface area contributed by atoms with Crippen LogP contribution in [0.25, 0.3) is 0 Å². The van der Waals surface area contributed by atoms with E-state index in [4.69, 9.17) is 4.74 Å². The normalized spacial score (nSPS) is 10.0. The van der Waals surface area contributed by atoms with Crippen LogP contribution in [0.5, 0.6) is 5.75 Å². The van der Waals surface area contributed by atoms with Crippen LogP contribution in [-0.2, 0) is 13.0 Å². The summed E-state index contributed by atoms with van der Waals surface area (Å²) in [7, 11) is 1.72. The molecule has 0 bridgehead atoms. The van der Waals surface area contributed by atoms with Gasteiger partial charge in [0, 0.05) is 11.4 Å². The van der Waals surface area contributed by atoms with Gasteiger partial charge in [-0.25, -0.2) is 0 Å². The zero-order valence-electron chi connectivity index (χ0n) is 12.5. The monoisotopic (exact) mass is 323 g/mol. The van der Waals surface area contributed by atoms with Gasteiger partial charge in [-0.1, -0.05) is 30.3 Å². The number of halogens is 1. The number of thioether (sulfide) groups is 1. The van der Waals surface area contributed by atoms with Crippen molar-refractivity contribution >= 4 is 24.2 Å². The summed E-state index contributed by atoms with van der Waals surface area (Å²) < 4.78 is 5.36. The molecule has 1 N–H and O–H groups in total. The fourth-order valence-electron chi connectivity index (χ4n) is 2.11. The molecule has 0 heterocycles. The maximum Gasteiger partial charge on any atom is 0.122 e. The number of ether oxygens (including phenoxy) is 1. The summed E-state index contributed by atoms with van der Waals surface area (Å²) in [6.07, 6.45) is 3.08. The van der Waals surface area contributed by atoms with Gasteiger partial charge in [0.25, 0.3) is 0 Å². The van der Waals surface area contributed by atoms with Crippen molar-refractivity contribution < 1.29 is 4.74 Å². The van der Waals surface area contributed by atoms with E-state index in [1.807, 2.05) is 12.1 Å². The SMILES string of the molecule is COc1ccccc1CCNCc1ccc(SC)cc1.Cl. The molecule has 0 atom stereocenters. The molecule has 0 aliphatic rings. The van der Waals surface area contributed by atoms with Gasteiger partial charge in [-0.3, -0.25) is 0 Å². The Kier molecular flexibility index (Phi) is 8.28. The van der Waals surface area contributed by atoms with Crippen LogP contribution in [0, 0.1) is 0 Å². The molecule has 2 nitrogen and oxygen atoms in total. The summed E-state index contributed by atoms with van der Waals surface area (Å²) in [5, 5.41) is 3.48. The largest absolute Gasteiger partial charge is 0.496 e. The maximum atomic E-state index is 5.36. The quantitative estimate of drug-likeness (QED) is 0.610. The molecule has 0 fully saturated rings. The molecule has 21 heavy (non-hydrogen) atoms. The van der Waals surface area contributed by atoms with Gasteiger partial charge < -0.3 is 10.1 Å². The van der Waals surface area contributed by atoms with E-state index < -0.39 is 0 Å². The van der Waals surface area contributed by atoms with E-state index in [1.165, 1.54) is 16.0 Å². The van der Waals surface area contributed by atoms with Crippen LogP contribution in [0.1, 0.15) is 11.1 Å². The van der Waals surface area contributed by atoms with Crippen LogP contribution in [0.3, 0.4) is 0 Å². The fourth-order valence-corrected chi connectivity index (χ4v) is 2.52. The second-order valence-corrected chi connectivity index (χ2v) is 5.47. The van der Waals surface area contributed by atoms with Gasteiger partial charge in [-0.05, 0) is 48.5 Å². The second-order valence-electron chi connectivity index (χ2n) is 4.59. The average Bonchev–Trinajstić information content (AvgIpc) is 2.52. The van der Waals surface area contributed by atoms with Gasteiger partial charge in [-0.2, -0.15) is 0 Å². The summed E-state index contributed by atoms with van der Waals surface area (Å²) >= 11 is 1.77. The van der Waals surface area contributed by atoms with Crippen LogP contribution in [0.15, 0.2) is 53.4 Å². The molecule has 4 heteroatoms. The number of hydrogen-bond donors (Lipinski definition) is 1. The number of benzene rings is 2. The van der Waals surface area contributed by atoms with Crippen molar-refractivity contribution in [2.24, 2.45) is 0 Å². The van der Waals surface area contributed by atoms with E-state index in [0.29, 0.717) is 0 Å². The van der Waals surface area contributed by atoms with Gasteiger partial charge in [0.2, 0.25) is 0 Å². The first-order chi connectivity index (χ1) is 9.83. The van der Waals surface area contributed by atoms with Crippen LogP contribution >= 0.6 is 24.2 Å². The zero-order valence-corrected chi connectivity index (χ0v) is 14.1. The first kappa shape index (κ1) is 17.9. The van der Waals surface area contributed by atoms with Crippen molar-refractivity contribution in [3.05, 3.63) is 59.7 Å². The minimum absolute atomic E-state index is 0. The van der Waals surface area contributed by atoms with E-state index in [1.54, 1.807) is 18.9 Å². The number of nitrogens with one attached hydrogen (secondary N) is 1. The molecule has 2 aromatic carbocycles. The highest BCUT2D eigenvalue weighted by molar-refractivity contribution is 7.98. The molecular weight excluding hydrogens is 302 g/mol. The summed E-state index contributed by atoms with van der Waals surface area (Å²) in [6, 6.07) is 16.9. The van der Waals surface area contributed by atoms with Gasteiger partial charge in [0.1, 0.15) is 5.75 Å². The molecule has 0 saturated heterocycles. The number of para-hydroxylation sites is 1. The highest BCUT2D eigenvalue weighted by atomic mass is 35.5. The van der Waals surface area contributed by atoms with E-state index >= 15 is 0 Å². The molecule has 0 aliphatic carbocycles. The lowest BCUT2D eigenvalue weighted by atomic mass is 10.1. The molecule has 0 spiro atoms. The van der Waals surface area contributed by atoms with Crippen molar-refractivity contribution in [3.63, 3.8) is 0 Å². The molecule has 0 saturated carbocycles. The molecule has 0 amide bonds. The predicted octanol–water partition coefficient (Wildman–Crippen LogP) is 4.17. The number of hydrogen-bond acceptors (Lipinski definition) is 3. The third-order valence-corrected chi connectivity index (χ3v) is 4.00. The standard InChI is InChI=1S/C17H21NOS.ClH/c1-19-17-6-4-3-5-15(17)11-12-18-13-14-7-9-16(20-2)10-8-14;/h3-10,18H,11-13H2,1-2H3;1H. The summed E-state index contributed by atoms with van der Waals surface area (Å²) in [4.78, 5) is 1.31. The minimum Gasteiger partial charge on any atom is -0.496 e. The Morgan fingerprint density at radius 3 is 2.43 bits per heavy atom. The minimum atomic E-state index is 0. The maximum absolute atomic E-state index is 5.36. The predicted molar refractivity (Wildman–Crippen MR) is 93.9 cm³/mol. The highest BCUT2D eigenvalue weighted by Gasteiger charge is 2.01. The van der Waals surface area contributed by atoms with Gasteiger partial charge in [-0.15, -0.1) is 24.2 Å². The van der Waals surface area contributed by atoms with Crippen molar-refractivity contribution in [2.75, 3.05) is 19.9 Å². The average molecular weight is 324 g/mol. The molecular formula is C17H22ClNOS. The summed E-state index contributed by atoms with van der Waals surface area (Å²) in [6.45, 7) is 1.86. The Balaban J connectivity index is 0.00000220. The molecule has 0 unspecified atom stereocenters. The number of rotatable bonds is 7. The van der Waals surface area contributed by atoms with Crippen molar-refractivity contribution in [2.45, 2.75) is 17.9 Å². The van der Waals surface area contributed by atoms with E-state index in [9.17, 15) is 0 Å². The van der Waals surface area contributed by atoms with E-state index in [-0.39, 0.29) is 12.4 Å². The van der Waals surface area contributed by atoms with Gasteiger partial charge >= 0.3 is 0 Å². The Morgan fingerprint density at radius 1 is 1.05 bits per heavy atom. The lowest BCUT2D eigenvalue weighted by Crippen LogP contribution is -2.16. The summed E-state index contributed by atoms with van der Waals surface area (Å²) in [5.74, 6) is 0.971. The zero-order chi connectivity index (χ0) is 14.2. The Hall–Kier alpha value is -1.16. The second kappa shape index (κ2) is 9.72. The first-order valence-electron chi connectivity index (χ1n) is 6.79. The van der Waals surface area contributed by atoms with Gasteiger partial charge in [0.05, 0.1) is 7.11 Å². The van der Waals surface area contributed by atoms with Crippen LogP contribution in [0.4, 0.5) is 0 Å². The molecule has 0 radical (unpaired) electrons.